The number of ether oxygens (including phenoxy) is 1. The van der Waals surface area contributed by atoms with Crippen molar-refractivity contribution in [1.82, 2.24) is 24.5 Å². The van der Waals surface area contributed by atoms with Crippen LogP contribution in [0.3, 0.4) is 0 Å². The van der Waals surface area contributed by atoms with E-state index >= 15 is 0 Å². The highest BCUT2D eigenvalue weighted by Crippen LogP contribution is 2.43. The topological polar surface area (TPSA) is 91.1 Å². The molecule has 0 amide bonds. The van der Waals surface area contributed by atoms with Crippen LogP contribution < -0.4 is 0 Å². The van der Waals surface area contributed by atoms with Gasteiger partial charge in [-0.3, -0.25) is 0 Å². The van der Waals surface area contributed by atoms with E-state index in [0.29, 0.717) is 17.3 Å². The number of aliphatic hydroxyl groups is 1. The number of benzene rings is 1. The average molecular weight is 486 g/mol. The van der Waals surface area contributed by atoms with Crippen LogP contribution in [0.15, 0.2) is 53.1 Å². The number of aromatic nitrogens is 5. The third kappa shape index (κ3) is 3.72. The molecule has 0 saturated carbocycles. The molecule has 1 fully saturated rings. The van der Waals surface area contributed by atoms with Gasteiger partial charge in [0, 0.05) is 38.1 Å². The molecular formula is C28H31N5O3. The minimum Gasteiger partial charge on any atom is -0.454 e. The van der Waals surface area contributed by atoms with Crippen molar-refractivity contribution in [2.45, 2.75) is 45.3 Å². The lowest BCUT2D eigenvalue weighted by Crippen LogP contribution is -2.26. The Bertz CT molecular complexity index is 1520. The number of fused-ring (bicyclic) bond motifs is 3. The van der Waals surface area contributed by atoms with Gasteiger partial charge in [0.2, 0.25) is 0 Å². The number of rotatable bonds is 5. The summed E-state index contributed by atoms with van der Waals surface area (Å²) in [5.41, 5.74) is 6.28. The van der Waals surface area contributed by atoms with E-state index in [1.165, 1.54) is 5.56 Å². The summed E-state index contributed by atoms with van der Waals surface area (Å²) in [7, 11) is 1.90. The van der Waals surface area contributed by atoms with Crippen LogP contribution in [0.25, 0.3) is 33.4 Å². The molecule has 0 radical (unpaired) electrons. The van der Waals surface area contributed by atoms with Crippen LogP contribution in [-0.4, -0.2) is 42.9 Å². The highest BCUT2D eigenvalue weighted by molar-refractivity contribution is 6.04. The Kier molecular flexibility index (Phi) is 5.46. The molecule has 1 aliphatic heterocycles. The lowest BCUT2D eigenvalue weighted by Gasteiger charge is -2.33. The number of pyridine rings is 1. The van der Waals surface area contributed by atoms with Crippen LogP contribution in [-0.2, 0) is 17.4 Å². The molecule has 0 aliphatic carbocycles. The lowest BCUT2D eigenvalue weighted by molar-refractivity contribution is 0.0552. The van der Waals surface area contributed by atoms with Gasteiger partial charge in [-0.25, -0.2) is 9.67 Å². The molecule has 4 aromatic heterocycles. The molecule has 6 rings (SSSR count). The molecule has 1 atom stereocenters. The second-order valence-electron chi connectivity index (χ2n) is 10.3. The van der Waals surface area contributed by atoms with Crippen molar-refractivity contribution in [3.8, 4) is 11.3 Å². The van der Waals surface area contributed by atoms with Gasteiger partial charge in [0.15, 0.2) is 5.58 Å². The van der Waals surface area contributed by atoms with Crippen molar-refractivity contribution in [3.05, 3.63) is 65.7 Å². The predicted molar refractivity (Wildman–Crippen MR) is 138 cm³/mol. The molecule has 1 saturated heterocycles. The van der Waals surface area contributed by atoms with Gasteiger partial charge in [0.1, 0.15) is 16.9 Å². The Morgan fingerprint density at radius 2 is 1.83 bits per heavy atom. The molecular weight excluding hydrogens is 454 g/mol. The lowest BCUT2D eigenvalue weighted by atomic mass is 9.86. The summed E-state index contributed by atoms with van der Waals surface area (Å²) >= 11 is 0. The van der Waals surface area contributed by atoms with Crippen molar-refractivity contribution in [3.63, 3.8) is 0 Å². The molecule has 0 spiro atoms. The fourth-order valence-corrected chi connectivity index (χ4v) is 5.57. The Hall–Kier alpha value is -3.49. The summed E-state index contributed by atoms with van der Waals surface area (Å²) in [4.78, 5) is 4.89. The molecule has 8 heteroatoms. The maximum atomic E-state index is 10.7. The van der Waals surface area contributed by atoms with Crippen LogP contribution in [0.1, 0.15) is 49.7 Å². The van der Waals surface area contributed by atoms with Gasteiger partial charge in [-0.15, -0.1) is 5.10 Å². The molecule has 5 heterocycles. The predicted octanol–water partition coefficient (Wildman–Crippen LogP) is 5.13. The molecule has 1 unspecified atom stereocenters. The average Bonchev–Trinajstić information content (AvgIpc) is 3.53. The fraction of sp³-hybridized carbons (Fsp3) is 0.393. The molecule has 1 aliphatic rings. The molecule has 186 valence electrons. The first-order chi connectivity index (χ1) is 17.3. The van der Waals surface area contributed by atoms with Crippen LogP contribution in [0, 0.1) is 12.8 Å². The molecule has 36 heavy (non-hydrogen) atoms. The monoisotopic (exact) mass is 485 g/mol. The first-order valence-corrected chi connectivity index (χ1v) is 12.5. The summed E-state index contributed by atoms with van der Waals surface area (Å²) in [6.07, 6.45) is 3.79. The summed E-state index contributed by atoms with van der Waals surface area (Å²) in [6.45, 7) is 6.95. The quantitative estimate of drug-likeness (QED) is 0.371. The van der Waals surface area contributed by atoms with E-state index in [9.17, 15) is 5.11 Å². The molecule has 5 aromatic rings. The first kappa shape index (κ1) is 22.9. The number of aryl methyl sites for hydroxylation is 2. The number of nitrogens with zero attached hydrogens (tertiary/aromatic N) is 5. The van der Waals surface area contributed by atoms with E-state index in [0.717, 1.165) is 59.6 Å². The Morgan fingerprint density at radius 3 is 2.50 bits per heavy atom. The van der Waals surface area contributed by atoms with Crippen molar-refractivity contribution >= 4 is 22.1 Å². The van der Waals surface area contributed by atoms with Gasteiger partial charge in [-0.2, -0.15) is 0 Å². The summed E-state index contributed by atoms with van der Waals surface area (Å²) < 4.78 is 16.2. The van der Waals surface area contributed by atoms with Crippen LogP contribution in [0.5, 0.6) is 0 Å². The molecule has 8 nitrogen and oxygen atoms in total. The number of hydrogen-bond donors (Lipinski definition) is 1. The smallest absolute Gasteiger partial charge is 0.178 e. The Labute approximate surface area is 209 Å². The Balaban J connectivity index is 1.67. The first-order valence-electron chi connectivity index (χ1n) is 12.5. The number of furan rings is 1. The van der Waals surface area contributed by atoms with E-state index in [-0.39, 0.29) is 6.04 Å². The van der Waals surface area contributed by atoms with Crippen molar-refractivity contribution < 1.29 is 14.3 Å². The van der Waals surface area contributed by atoms with Gasteiger partial charge >= 0.3 is 0 Å². The largest absolute Gasteiger partial charge is 0.454 e. The normalized spacial score (nSPS) is 16.2. The molecule has 1 N–H and O–H groups in total. The second-order valence-corrected chi connectivity index (χ2v) is 10.3. The van der Waals surface area contributed by atoms with Crippen LogP contribution in [0.2, 0.25) is 0 Å². The highest BCUT2D eigenvalue weighted by atomic mass is 16.5. The third-order valence-corrected chi connectivity index (χ3v) is 7.32. The van der Waals surface area contributed by atoms with Gasteiger partial charge in [-0.05, 0) is 51.2 Å². The standard InChI is InChI=1S/C28H31N5O3/c1-17-25(32(4)31-30-17)20-14-21-24(29-16-20)27-22(15-23(36-27)28(2,3)34)33(21)26(18-8-6-5-7-9-18)19-10-12-35-13-11-19/h5-9,14-16,19,26,34H,10-13H2,1-4H3. The van der Waals surface area contributed by atoms with Gasteiger partial charge in [-0.1, -0.05) is 35.5 Å². The van der Waals surface area contributed by atoms with E-state index in [1.807, 2.05) is 26.2 Å². The van der Waals surface area contributed by atoms with Crippen molar-refractivity contribution in [2.75, 3.05) is 13.2 Å². The maximum absolute atomic E-state index is 10.7. The fourth-order valence-electron chi connectivity index (χ4n) is 5.57. The summed E-state index contributed by atoms with van der Waals surface area (Å²) in [6, 6.07) is 14.8. The number of hydrogen-bond acceptors (Lipinski definition) is 6. The maximum Gasteiger partial charge on any atom is 0.178 e. The highest BCUT2D eigenvalue weighted by Gasteiger charge is 2.33. The zero-order valence-corrected chi connectivity index (χ0v) is 21.1. The van der Waals surface area contributed by atoms with Gasteiger partial charge < -0.3 is 18.8 Å². The van der Waals surface area contributed by atoms with Crippen molar-refractivity contribution in [1.29, 1.82) is 0 Å². The third-order valence-electron chi connectivity index (χ3n) is 7.32. The van der Waals surface area contributed by atoms with E-state index in [2.05, 4.69) is 51.3 Å². The van der Waals surface area contributed by atoms with E-state index in [4.69, 9.17) is 14.1 Å². The minimum absolute atomic E-state index is 0.0603. The van der Waals surface area contributed by atoms with Gasteiger partial charge in [0.25, 0.3) is 0 Å². The zero-order valence-electron chi connectivity index (χ0n) is 21.1. The SMILES string of the molecule is Cc1nnn(C)c1-c1cnc2c3oc(C(C)(C)O)cc3n(C(c3ccccc3)C3CCOCC3)c2c1. The van der Waals surface area contributed by atoms with Crippen LogP contribution in [0.4, 0.5) is 0 Å². The second kappa shape index (κ2) is 8.57. The summed E-state index contributed by atoms with van der Waals surface area (Å²) in [5, 5.41) is 19.2. The Morgan fingerprint density at radius 1 is 1.08 bits per heavy atom. The summed E-state index contributed by atoms with van der Waals surface area (Å²) in [5.74, 6) is 0.906. The van der Waals surface area contributed by atoms with Crippen LogP contribution >= 0.6 is 0 Å². The van der Waals surface area contributed by atoms with E-state index < -0.39 is 5.60 Å². The molecule has 0 bridgehead atoms. The van der Waals surface area contributed by atoms with E-state index in [1.54, 1.807) is 18.5 Å². The van der Waals surface area contributed by atoms with Crippen molar-refractivity contribution in [2.24, 2.45) is 13.0 Å². The molecule has 1 aromatic carbocycles. The minimum atomic E-state index is -1.10. The van der Waals surface area contributed by atoms with Gasteiger partial charge in [0.05, 0.1) is 28.5 Å². The zero-order chi connectivity index (χ0) is 25.0.